The number of hydrogen-bond acceptors (Lipinski definition) is 4. The Bertz CT molecular complexity index is 932. The maximum Gasteiger partial charge on any atom is 0.225 e. The van der Waals surface area contributed by atoms with Gasteiger partial charge in [-0.05, 0) is 29.3 Å². The van der Waals surface area contributed by atoms with Crippen LogP contribution in [0.3, 0.4) is 0 Å². The molecule has 6 heteroatoms. The summed E-state index contributed by atoms with van der Waals surface area (Å²) in [6, 6.07) is 7.66. The molecule has 1 amide bonds. The third-order valence-corrected chi connectivity index (χ3v) is 4.45. The summed E-state index contributed by atoms with van der Waals surface area (Å²) in [7, 11) is 3.19. The number of carbonyl (C=O) groups excluding carboxylic acids is 1. The van der Waals surface area contributed by atoms with Gasteiger partial charge in [-0.2, -0.15) is 0 Å². The van der Waals surface area contributed by atoms with Crippen molar-refractivity contribution < 1.29 is 14.3 Å². The van der Waals surface area contributed by atoms with Crippen molar-refractivity contribution in [3.63, 3.8) is 0 Å². The zero-order valence-electron chi connectivity index (χ0n) is 13.4. The van der Waals surface area contributed by atoms with Crippen LogP contribution in [0, 0.1) is 0 Å². The van der Waals surface area contributed by atoms with Crippen molar-refractivity contribution in [1.29, 1.82) is 0 Å². The molecule has 0 saturated carbocycles. The third-order valence-electron chi connectivity index (χ3n) is 4.45. The lowest BCUT2D eigenvalue weighted by Gasteiger charge is -2.26. The molecule has 4 rings (SSSR count). The monoisotopic (exact) mass is 323 g/mol. The molecule has 0 radical (unpaired) electrons. The fourth-order valence-corrected chi connectivity index (χ4v) is 3.33. The van der Waals surface area contributed by atoms with E-state index in [1.165, 1.54) is 0 Å². The first-order chi connectivity index (χ1) is 11.7. The standard InChI is InChI=1S/C18H17N3O3/c1-23-15-6-12-11(7-17(22)21-14(12)8-16(15)24-2)13-9-20-18-10(13)4-3-5-19-18/h3-6,8-9,11H,7H2,1-2H3,(H,19,20)(H,21,22). The molecule has 0 bridgehead atoms. The summed E-state index contributed by atoms with van der Waals surface area (Å²) in [4.78, 5) is 19.7. The summed E-state index contributed by atoms with van der Waals surface area (Å²) in [6.45, 7) is 0. The molecule has 0 fully saturated rings. The van der Waals surface area contributed by atoms with Gasteiger partial charge in [0, 0.05) is 41.9 Å². The van der Waals surface area contributed by atoms with Crippen molar-refractivity contribution in [3.05, 3.63) is 47.8 Å². The molecule has 1 aliphatic rings. The van der Waals surface area contributed by atoms with E-state index in [2.05, 4.69) is 15.3 Å². The number of amides is 1. The Morgan fingerprint density at radius 3 is 2.75 bits per heavy atom. The molecule has 3 aromatic rings. The molecule has 0 aliphatic carbocycles. The van der Waals surface area contributed by atoms with Crippen LogP contribution in [0.25, 0.3) is 11.0 Å². The Hall–Kier alpha value is -3.02. The molecular weight excluding hydrogens is 306 g/mol. The van der Waals surface area contributed by atoms with Crippen molar-refractivity contribution in [2.24, 2.45) is 0 Å². The molecule has 24 heavy (non-hydrogen) atoms. The summed E-state index contributed by atoms with van der Waals surface area (Å²) in [5.41, 5.74) is 3.64. The van der Waals surface area contributed by atoms with Crippen molar-refractivity contribution in [1.82, 2.24) is 9.97 Å². The zero-order chi connectivity index (χ0) is 16.7. The molecule has 2 N–H and O–H groups in total. The van der Waals surface area contributed by atoms with E-state index in [1.807, 2.05) is 30.5 Å². The van der Waals surface area contributed by atoms with Gasteiger partial charge >= 0.3 is 0 Å². The zero-order valence-corrected chi connectivity index (χ0v) is 13.4. The molecule has 0 spiro atoms. The van der Waals surface area contributed by atoms with Crippen LogP contribution in [0.15, 0.2) is 36.7 Å². The van der Waals surface area contributed by atoms with Gasteiger partial charge in [0.25, 0.3) is 0 Å². The quantitative estimate of drug-likeness (QED) is 0.777. The number of methoxy groups -OCH3 is 2. The lowest BCUT2D eigenvalue weighted by Crippen LogP contribution is -2.23. The molecule has 122 valence electrons. The van der Waals surface area contributed by atoms with Crippen molar-refractivity contribution >= 4 is 22.6 Å². The fourth-order valence-electron chi connectivity index (χ4n) is 3.33. The van der Waals surface area contributed by atoms with Crippen LogP contribution in [0.4, 0.5) is 5.69 Å². The number of nitrogens with zero attached hydrogens (tertiary/aromatic N) is 1. The minimum Gasteiger partial charge on any atom is -0.493 e. The first-order valence-electron chi connectivity index (χ1n) is 7.69. The third kappa shape index (κ3) is 2.19. The van der Waals surface area contributed by atoms with E-state index in [1.54, 1.807) is 20.4 Å². The average molecular weight is 323 g/mol. The first kappa shape index (κ1) is 14.6. The Labute approximate surface area is 138 Å². The van der Waals surface area contributed by atoms with Crippen LogP contribution in [0.5, 0.6) is 11.5 Å². The van der Waals surface area contributed by atoms with Gasteiger partial charge in [0.2, 0.25) is 5.91 Å². The van der Waals surface area contributed by atoms with E-state index in [0.717, 1.165) is 27.8 Å². The number of carbonyl (C=O) groups is 1. The van der Waals surface area contributed by atoms with Gasteiger partial charge in [-0.15, -0.1) is 0 Å². The van der Waals surface area contributed by atoms with Crippen LogP contribution in [0.1, 0.15) is 23.5 Å². The lowest BCUT2D eigenvalue weighted by atomic mass is 9.84. The number of rotatable bonds is 3. The predicted molar refractivity (Wildman–Crippen MR) is 90.7 cm³/mol. The minimum atomic E-state index is -0.0634. The van der Waals surface area contributed by atoms with E-state index in [9.17, 15) is 4.79 Å². The van der Waals surface area contributed by atoms with E-state index in [4.69, 9.17) is 9.47 Å². The Balaban J connectivity index is 1.91. The van der Waals surface area contributed by atoms with Gasteiger partial charge in [-0.25, -0.2) is 4.98 Å². The lowest BCUT2D eigenvalue weighted by molar-refractivity contribution is -0.116. The maximum absolute atomic E-state index is 12.2. The highest BCUT2D eigenvalue weighted by Crippen LogP contribution is 2.44. The molecule has 2 aromatic heterocycles. The first-order valence-corrected chi connectivity index (χ1v) is 7.69. The molecule has 1 unspecified atom stereocenters. The second kappa shape index (κ2) is 5.56. The van der Waals surface area contributed by atoms with Gasteiger partial charge in [-0.1, -0.05) is 0 Å². The summed E-state index contributed by atoms with van der Waals surface area (Å²) in [5.74, 6) is 1.16. The fraction of sp³-hybridized carbons (Fsp3) is 0.222. The van der Waals surface area contributed by atoms with Gasteiger partial charge in [-0.3, -0.25) is 4.79 Å². The summed E-state index contributed by atoms with van der Waals surface area (Å²) >= 11 is 0. The largest absolute Gasteiger partial charge is 0.493 e. The van der Waals surface area contributed by atoms with Crippen molar-refractivity contribution in [2.45, 2.75) is 12.3 Å². The van der Waals surface area contributed by atoms with Gasteiger partial charge in [0.1, 0.15) is 5.65 Å². The van der Waals surface area contributed by atoms with Gasteiger partial charge < -0.3 is 19.8 Å². The summed E-state index contributed by atoms with van der Waals surface area (Å²) in [5, 5.41) is 3.95. The van der Waals surface area contributed by atoms with Crippen molar-refractivity contribution in [2.75, 3.05) is 19.5 Å². The molecular formula is C18H17N3O3. The number of aromatic nitrogens is 2. The summed E-state index contributed by atoms with van der Waals surface area (Å²) < 4.78 is 10.8. The second-order valence-corrected chi connectivity index (χ2v) is 5.74. The number of anilines is 1. The highest BCUT2D eigenvalue weighted by Gasteiger charge is 2.30. The normalized spacial score (nSPS) is 16.6. The van der Waals surface area contributed by atoms with E-state index < -0.39 is 0 Å². The van der Waals surface area contributed by atoms with E-state index in [-0.39, 0.29) is 11.8 Å². The molecule has 0 saturated heterocycles. The van der Waals surface area contributed by atoms with Crippen LogP contribution in [-0.2, 0) is 4.79 Å². The van der Waals surface area contributed by atoms with Crippen LogP contribution < -0.4 is 14.8 Å². The SMILES string of the molecule is COc1cc2c(cc1OC)C(c1c[nH]c3ncccc13)CC(=O)N2. The number of pyridine rings is 1. The molecule has 1 aliphatic heterocycles. The van der Waals surface area contributed by atoms with Crippen LogP contribution in [-0.4, -0.2) is 30.1 Å². The predicted octanol–water partition coefficient (Wildman–Crippen LogP) is 3.05. The van der Waals surface area contributed by atoms with Gasteiger partial charge in [0.05, 0.1) is 14.2 Å². The molecule has 1 aromatic carbocycles. The Kier molecular flexibility index (Phi) is 3.37. The minimum absolute atomic E-state index is 0.0158. The molecule has 3 heterocycles. The maximum atomic E-state index is 12.2. The number of hydrogen-bond donors (Lipinski definition) is 2. The Morgan fingerprint density at radius 2 is 1.96 bits per heavy atom. The average Bonchev–Trinajstić information content (AvgIpc) is 3.03. The van der Waals surface area contributed by atoms with Crippen molar-refractivity contribution in [3.8, 4) is 11.5 Å². The number of benzene rings is 1. The Morgan fingerprint density at radius 1 is 1.17 bits per heavy atom. The number of ether oxygens (including phenoxy) is 2. The topological polar surface area (TPSA) is 76.2 Å². The highest BCUT2D eigenvalue weighted by atomic mass is 16.5. The number of nitrogens with one attached hydrogen (secondary N) is 2. The second-order valence-electron chi connectivity index (χ2n) is 5.74. The van der Waals surface area contributed by atoms with E-state index >= 15 is 0 Å². The highest BCUT2D eigenvalue weighted by molar-refractivity contribution is 5.97. The van der Waals surface area contributed by atoms with Crippen LogP contribution >= 0.6 is 0 Å². The van der Waals surface area contributed by atoms with Gasteiger partial charge in [0.15, 0.2) is 11.5 Å². The molecule has 6 nitrogen and oxygen atoms in total. The number of aromatic amines is 1. The number of fused-ring (bicyclic) bond motifs is 2. The smallest absolute Gasteiger partial charge is 0.225 e. The van der Waals surface area contributed by atoms with Crippen LogP contribution in [0.2, 0.25) is 0 Å². The van der Waals surface area contributed by atoms with E-state index in [0.29, 0.717) is 17.9 Å². The summed E-state index contributed by atoms with van der Waals surface area (Å²) in [6.07, 6.45) is 4.06. The molecule has 1 atom stereocenters. The number of H-pyrrole nitrogens is 1.